The van der Waals surface area contributed by atoms with Gasteiger partial charge in [-0.15, -0.1) is 0 Å². The van der Waals surface area contributed by atoms with Gasteiger partial charge >= 0.3 is 0 Å². The van der Waals surface area contributed by atoms with Crippen molar-refractivity contribution in [2.75, 3.05) is 7.11 Å². The van der Waals surface area contributed by atoms with Gasteiger partial charge in [0.2, 0.25) is 0 Å². The van der Waals surface area contributed by atoms with Crippen LogP contribution in [0.15, 0.2) is 6.07 Å². The fourth-order valence-electron chi connectivity index (χ4n) is 1.61. The zero-order chi connectivity index (χ0) is 12.3. The Labute approximate surface area is 101 Å². The summed E-state index contributed by atoms with van der Waals surface area (Å²) >= 11 is 6.13. The van der Waals surface area contributed by atoms with Crippen LogP contribution in [0, 0.1) is 6.92 Å². The van der Waals surface area contributed by atoms with Gasteiger partial charge in [-0.1, -0.05) is 25.4 Å². The molecule has 0 saturated carbocycles. The predicted molar refractivity (Wildman–Crippen MR) is 65.8 cm³/mol. The number of phenolic OH excluding ortho intramolecular Hbond substituents is 1. The fraction of sp³-hybridized carbons (Fsp3) is 0.500. The Balaban J connectivity index is 3.22. The third-order valence-corrected chi connectivity index (χ3v) is 3.06. The summed E-state index contributed by atoms with van der Waals surface area (Å²) in [5.74, 6) is 0.542. The van der Waals surface area contributed by atoms with E-state index in [4.69, 9.17) is 16.4 Å². The zero-order valence-corrected chi connectivity index (χ0v) is 10.9. The van der Waals surface area contributed by atoms with E-state index in [2.05, 4.69) is 5.48 Å². The highest BCUT2D eigenvalue weighted by Gasteiger charge is 2.15. The third-order valence-electron chi connectivity index (χ3n) is 2.67. The maximum atomic E-state index is 10.1. The molecular formula is C12H18ClNO2. The smallest absolute Gasteiger partial charge is 0.123 e. The van der Waals surface area contributed by atoms with E-state index in [1.807, 2.05) is 26.8 Å². The van der Waals surface area contributed by atoms with Crippen LogP contribution >= 0.6 is 11.6 Å². The average Bonchev–Trinajstić information content (AvgIpc) is 2.23. The zero-order valence-electron chi connectivity index (χ0n) is 10.1. The molecule has 0 bridgehead atoms. The van der Waals surface area contributed by atoms with Crippen LogP contribution in [0.5, 0.6) is 5.75 Å². The van der Waals surface area contributed by atoms with Crippen LogP contribution in [0.3, 0.4) is 0 Å². The largest absolute Gasteiger partial charge is 0.507 e. The third kappa shape index (κ3) is 2.67. The van der Waals surface area contributed by atoms with Crippen LogP contribution in [0.1, 0.15) is 36.5 Å². The van der Waals surface area contributed by atoms with Crippen molar-refractivity contribution in [3.8, 4) is 5.75 Å². The molecule has 0 radical (unpaired) electrons. The molecule has 1 aromatic rings. The highest BCUT2D eigenvalue weighted by molar-refractivity contribution is 6.31. The maximum Gasteiger partial charge on any atom is 0.123 e. The lowest BCUT2D eigenvalue weighted by atomic mass is 9.96. The summed E-state index contributed by atoms with van der Waals surface area (Å²) in [6.07, 6.45) is 0. The van der Waals surface area contributed by atoms with Crippen LogP contribution in [-0.4, -0.2) is 12.2 Å². The van der Waals surface area contributed by atoms with Gasteiger partial charge in [-0.2, -0.15) is 5.48 Å². The lowest BCUT2D eigenvalue weighted by Crippen LogP contribution is -2.12. The molecule has 0 atom stereocenters. The molecule has 0 unspecified atom stereocenters. The Morgan fingerprint density at radius 3 is 2.62 bits per heavy atom. The number of benzene rings is 1. The minimum absolute atomic E-state index is 0.236. The topological polar surface area (TPSA) is 41.5 Å². The molecule has 2 N–H and O–H groups in total. The van der Waals surface area contributed by atoms with Crippen LogP contribution in [-0.2, 0) is 11.4 Å². The van der Waals surface area contributed by atoms with E-state index in [0.29, 0.717) is 17.3 Å². The van der Waals surface area contributed by atoms with E-state index in [0.717, 1.165) is 16.7 Å². The van der Waals surface area contributed by atoms with Crippen molar-refractivity contribution in [2.24, 2.45) is 0 Å². The molecule has 0 saturated heterocycles. The van der Waals surface area contributed by atoms with Crippen LogP contribution in [0.2, 0.25) is 5.02 Å². The second-order valence-corrected chi connectivity index (χ2v) is 4.49. The van der Waals surface area contributed by atoms with E-state index in [1.54, 1.807) is 7.11 Å². The van der Waals surface area contributed by atoms with Crippen molar-refractivity contribution in [3.63, 3.8) is 0 Å². The van der Waals surface area contributed by atoms with E-state index < -0.39 is 0 Å². The van der Waals surface area contributed by atoms with E-state index in [1.165, 1.54) is 0 Å². The number of hydrogen-bond acceptors (Lipinski definition) is 3. The average molecular weight is 244 g/mol. The van der Waals surface area contributed by atoms with Crippen LogP contribution < -0.4 is 5.48 Å². The number of rotatable bonds is 4. The summed E-state index contributed by atoms with van der Waals surface area (Å²) in [5.41, 5.74) is 5.26. The monoisotopic (exact) mass is 243 g/mol. The molecular weight excluding hydrogens is 226 g/mol. The highest BCUT2D eigenvalue weighted by atomic mass is 35.5. The van der Waals surface area contributed by atoms with Crippen molar-refractivity contribution in [1.29, 1.82) is 0 Å². The maximum absolute atomic E-state index is 10.1. The Bertz CT molecular complexity index is 378. The Morgan fingerprint density at radius 1 is 1.50 bits per heavy atom. The molecule has 0 aliphatic rings. The molecule has 4 heteroatoms. The lowest BCUT2D eigenvalue weighted by molar-refractivity contribution is 0.0860. The molecule has 0 fully saturated rings. The van der Waals surface area contributed by atoms with Gasteiger partial charge in [-0.3, -0.25) is 0 Å². The molecule has 0 heterocycles. The Kier molecular flexibility index (Phi) is 4.59. The molecule has 1 aromatic carbocycles. The second kappa shape index (κ2) is 5.53. The number of aromatic hydroxyl groups is 1. The lowest BCUT2D eigenvalue weighted by Gasteiger charge is -2.16. The van der Waals surface area contributed by atoms with Gasteiger partial charge in [-0.25, -0.2) is 0 Å². The molecule has 3 nitrogen and oxygen atoms in total. The quantitative estimate of drug-likeness (QED) is 0.799. The summed E-state index contributed by atoms with van der Waals surface area (Å²) in [7, 11) is 1.54. The van der Waals surface area contributed by atoms with Gasteiger partial charge < -0.3 is 9.94 Å². The van der Waals surface area contributed by atoms with Crippen molar-refractivity contribution in [3.05, 3.63) is 27.8 Å². The van der Waals surface area contributed by atoms with Crippen LogP contribution in [0.25, 0.3) is 0 Å². The normalized spacial score (nSPS) is 11.1. The SMILES string of the molecule is CONCc1c(C)c(Cl)cc(C(C)C)c1O. The van der Waals surface area contributed by atoms with Crippen molar-refractivity contribution >= 4 is 11.6 Å². The van der Waals surface area contributed by atoms with E-state index >= 15 is 0 Å². The molecule has 0 aliphatic heterocycles. The molecule has 16 heavy (non-hydrogen) atoms. The first-order valence-electron chi connectivity index (χ1n) is 5.25. The number of nitrogens with one attached hydrogen (secondary N) is 1. The van der Waals surface area contributed by atoms with Gasteiger partial charge in [0.25, 0.3) is 0 Å². The molecule has 1 rings (SSSR count). The van der Waals surface area contributed by atoms with E-state index in [9.17, 15) is 5.11 Å². The number of hydrogen-bond donors (Lipinski definition) is 2. The van der Waals surface area contributed by atoms with Gasteiger partial charge in [0, 0.05) is 17.1 Å². The Morgan fingerprint density at radius 2 is 2.12 bits per heavy atom. The molecule has 0 amide bonds. The first-order chi connectivity index (χ1) is 7.49. The van der Waals surface area contributed by atoms with Gasteiger partial charge in [0.05, 0.1) is 7.11 Å². The summed E-state index contributed by atoms with van der Waals surface area (Å²) < 4.78 is 0. The second-order valence-electron chi connectivity index (χ2n) is 4.08. The standard InChI is InChI=1S/C12H18ClNO2/c1-7(2)9-5-11(13)8(3)10(12(9)15)6-14-16-4/h5,7,14-15H,6H2,1-4H3. The fourth-order valence-corrected chi connectivity index (χ4v) is 1.84. The van der Waals surface area contributed by atoms with Gasteiger partial charge in [0.1, 0.15) is 5.75 Å². The molecule has 0 aliphatic carbocycles. The van der Waals surface area contributed by atoms with Crippen molar-refractivity contribution in [1.82, 2.24) is 5.48 Å². The number of hydroxylamine groups is 1. The number of halogens is 1. The first kappa shape index (κ1) is 13.3. The first-order valence-corrected chi connectivity index (χ1v) is 5.63. The van der Waals surface area contributed by atoms with Crippen LogP contribution in [0.4, 0.5) is 0 Å². The predicted octanol–water partition coefficient (Wildman–Crippen LogP) is 3.13. The minimum atomic E-state index is 0.236. The highest BCUT2D eigenvalue weighted by Crippen LogP contribution is 2.35. The minimum Gasteiger partial charge on any atom is -0.507 e. The summed E-state index contributed by atoms with van der Waals surface area (Å²) in [6.45, 7) is 6.37. The number of phenols is 1. The van der Waals surface area contributed by atoms with Gasteiger partial charge in [0.15, 0.2) is 0 Å². The summed E-state index contributed by atoms with van der Waals surface area (Å²) in [5, 5.41) is 10.8. The summed E-state index contributed by atoms with van der Waals surface area (Å²) in [4.78, 5) is 4.79. The summed E-state index contributed by atoms with van der Waals surface area (Å²) in [6, 6.07) is 1.83. The van der Waals surface area contributed by atoms with Crippen molar-refractivity contribution in [2.45, 2.75) is 33.2 Å². The molecule has 0 spiro atoms. The molecule has 90 valence electrons. The Hall–Kier alpha value is -0.770. The van der Waals surface area contributed by atoms with E-state index in [-0.39, 0.29) is 5.92 Å². The van der Waals surface area contributed by atoms with Crippen molar-refractivity contribution < 1.29 is 9.94 Å². The molecule has 0 aromatic heterocycles. The van der Waals surface area contributed by atoms with Gasteiger partial charge in [-0.05, 0) is 30.0 Å².